The van der Waals surface area contributed by atoms with Gasteiger partial charge in [-0.3, -0.25) is 4.79 Å². The van der Waals surface area contributed by atoms with Crippen LogP contribution in [0.2, 0.25) is 0 Å². The molecule has 1 N–H and O–H groups in total. The highest BCUT2D eigenvalue weighted by Crippen LogP contribution is 2.29. The Bertz CT molecular complexity index is 867. The highest BCUT2D eigenvalue weighted by molar-refractivity contribution is 6.02. The zero-order valence-corrected chi connectivity index (χ0v) is 14.1. The molecule has 1 aliphatic rings. The van der Waals surface area contributed by atoms with Crippen LogP contribution in [0.25, 0.3) is 0 Å². The van der Waals surface area contributed by atoms with Crippen molar-refractivity contribution in [3.05, 3.63) is 63.9 Å². The van der Waals surface area contributed by atoms with Crippen molar-refractivity contribution >= 4 is 11.9 Å². The van der Waals surface area contributed by atoms with E-state index in [9.17, 15) is 24.3 Å². The van der Waals surface area contributed by atoms with Crippen LogP contribution < -0.4 is 4.73 Å². The van der Waals surface area contributed by atoms with Gasteiger partial charge in [-0.1, -0.05) is 12.1 Å². The van der Waals surface area contributed by atoms with Crippen molar-refractivity contribution in [2.24, 2.45) is 0 Å². The summed E-state index contributed by atoms with van der Waals surface area (Å²) in [6.45, 7) is 2.16. The first-order valence-corrected chi connectivity index (χ1v) is 8.11. The third kappa shape index (κ3) is 3.17. The molecule has 1 aromatic carbocycles. The van der Waals surface area contributed by atoms with Gasteiger partial charge in [-0.05, 0) is 31.0 Å². The molecule has 8 heteroatoms. The van der Waals surface area contributed by atoms with Gasteiger partial charge in [0.2, 0.25) is 6.20 Å². The number of aromatic nitrogens is 1. The molecule has 1 amide bonds. The zero-order valence-electron chi connectivity index (χ0n) is 14.1. The van der Waals surface area contributed by atoms with Crippen molar-refractivity contribution in [3.8, 4) is 5.75 Å². The van der Waals surface area contributed by atoms with Gasteiger partial charge in [-0.2, -0.15) is 4.73 Å². The second-order valence-electron chi connectivity index (χ2n) is 5.87. The number of hydrogen-bond acceptors (Lipinski definition) is 5. The van der Waals surface area contributed by atoms with Crippen LogP contribution in [0.1, 0.15) is 38.9 Å². The number of benzene rings is 1. The molecule has 0 atom stereocenters. The number of halogens is 1. The zero-order chi connectivity index (χ0) is 18.8. The van der Waals surface area contributed by atoms with Gasteiger partial charge in [-0.15, -0.1) is 0 Å². The molecule has 0 aliphatic carbocycles. The highest BCUT2D eigenvalue weighted by Gasteiger charge is 2.36. The molecule has 7 nitrogen and oxygen atoms in total. The third-order valence-corrected chi connectivity index (χ3v) is 4.19. The van der Waals surface area contributed by atoms with Crippen LogP contribution in [-0.4, -0.2) is 35.0 Å². The summed E-state index contributed by atoms with van der Waals surface area (Å²) in [4.78, 5) is 26.3. The van der Waals surface area contributed by atoms with Crippen LogP contribution in [0.5, 0.6) is 5.75 Å². The van der Waals surface area contributed by atoms with Crippen LogP contribution in [0.15, 0.2) is 30.5 Å². The normalized spacial score (nSPS) is 13.5. The molecule has 0 spiro atoms. The number of fused-ring (bicyclic) bond motifs is 1. The second kappa shape index (κ2) is 6.99. The molecule has 0 saturated carbocycles. The Labute approximate surface area is 148 Å². The summed E-state index contributed by atoms with van der Waals surface area (Å²) >= 11 is 0. The molecule has 0 saturated heterocycles. The molecule has 0 fully saturated rings. The van der Waals surface area contributed by atoms with E-state index in [0.29, 0.717) is 0 Å². The van der Waals surface area contributed by atoms with Gasteiger partial charge >= 0.3 is 11.7 Å². The maximum absolute atomic E-state index is 13.0. The van der Waals surface area contributed by atoms with Crippen molar-refractivity contribution in [1.82, 2.24) is 4.90 Å². The average Bonchev–Trinajstić information content (AvgIpc) is 2.59. The van der Waals surface area contributed by atoms with E-state index in [2.05, 4.69) is 0 Å². The summed E-state index contributed by atoms with van der Waals surface area (Å²) in [5.41, 5.74) is 0.546. The van der Waals surface area contributed by atoms with E-state index in [1.165, 1.54) is 17.0 Å². The van der Waals surface area contributed by atoms with Crippen LogP contribution in [0.3, 0.4) is 0 Å². The number of ether oxygens (including phenoxy) is 1. The number of aromatic hydroxyl groups is 1. The van der Waals surface area contributed by atoms with Gasteiger partial charge in [0.1, 0.15) is 5.82 Å². The number of pyridine rings is 1. The van der Waals surface area contributed by atoms with Gasteiger partial charge in [0.15, 0.2) is 5.75 Å². The number of nitrogens with zero attached hydrogens (tertiary/aromatic N) is 2. The van der Waals surface area contributed by atoms with Crippen molar-refractivity contribution in [3.63, 3.8) is 0 Å². The second-order valence-corrected chi connectivity index (χ2v) is 5.87. The maximum atomic E-state index is 13.0. The van der Waals surface area contributed by atoms with E-state index in [0.717, 1.165) is 11.8 Å². The third-order valence-electron chi connectivity index (χ3n) is 4.19. The van der Waals surface area contributed by atoms with Gasteiger partial charge in [0.05, 0.1) is 17.7 Å². The largest absolute Gasteiger partial charge is 0.618 e. The Morgan fingerprint density at radius 2 is 2.08 bits per heavy atom. The van der Waals surface area contributed by atoms with Gasteiger partial charge in [0, 0.05) is 13.1 Å². The summed E-state index contributed by atoms with van der Waals surface area (Å²) in [5.74, 6) is -2.20. The Kier molecular flexibility index (Phi) is 4.75. The van der Waals surface area contributed by atoms with Crippen LogP contribution in [0.4, 0.5) is 4.39 Å². The minimum Gasteiger partial charge on any atom is -0.618 e. The summed E-state index contributed by atoms with van der Waals surface area (Å²) in [7, 11) is 0. The Morgan fingerprint density at radius 1 is 1.38 bits per heavy atom. The molecule has 3 rings (SSSR count). The molecular weight excluding hydrogens is 343 g/mol. The molecule has 0 unspecified atom stereocenters. The number of amides is 1. The summed E-state index contributed by atoms with van der Waals surface area (Å²) in [6.07, 6.45) is 0.997. The molecular formula is C18H17FN2O5. The molecule has 1 aromatic heterocycles. The van der Waals surface area contributed by atoms with Crippen molar-refractivity contribution < 1.29 is 28.6 Å². The molecule has 2 heterocycles. The molecule has 0 radical (unpaired) electrons. The Hall–Kier alpha value is -3.16. The first-order valence-electron chi connectivity index (χ1n) is 8.11. The Balaban J connectivity index is 1.95. The van der Waals surface area contributed by atoms with E-state index < -0.39 is 17.6 Å². The first-order chi connectivity index (χ1) is 12.4. The van der Waals surface area contributed by atoms with E-state index in [4.69, 9.17) is 4.74 Å². The lowest BCUT2D eigenvalue weighted by molar-refractivity contribution is -0.609. The summed E-state index contributed by atoms with van der Waals surface area (Å²) in [5, 5.41) is 22.1. The monoisotopic (exact) mass is 360 g/mol. The molecule has 26 heavy (non-hydrogen) atoms. The maximum Gasteiger partial charge on any atom is 0.405 e. The van der Waals surface area contributed by atoms with Crippen molar-refractivity contribution in [1.29, 1.82) is 0 Å². The SMILES string of the molecule is CCOC(=O)c1c2c(c(O)c[n+]1[O-])C(=O)N(Cc1ccc(F)cc1)CC2. The molecule has 1 aliphatic heterocycles. The van der Waals surface area contributed by atoms with E-state index in [-0.39, 0.29) is 53.5 Å². The van der Waals surface area contributed by atoms with Crippen molar-refractivity contribution in [2.75, 3.05) is 13.2 Å². The molecule has 0 bridgehead atoms. The lowest BCUT2D eigenvalue weighted by Crippen LogP contribution is -2.43. The van der Waals surface area contributed by atoms with Gasteiger partial charge in [-0.25, -0.2) is 9.18 Å². The Morgan fingerprint density at radius 3 is 2.73 bits per heavy atom. The first kappa shape index (κ1) is 17.7. The van der Waals surface area contributed by atoms with Gasteiger partial charge < -0.3 is 20.0 Å². The molecule has 2 aromatic rings. The number of rotatable bonds is 4. The van der Waals surface area contributed by atoms with E-state index in [1.54, 1.807) is 19.1 Å². The van der Waals surface area contributed by atoms with E-state index in [1.807, 2.05) is 0 Å². The molecule has 136 valence electrons. The predicted molar refractivity (Wildman–Crippen MR) is 87.9 cm³/mol. The van der Waals surface area contributed by atoms with Crippen molar-refractivity contribution in [2.45, 2.75) is 19.9 Å². The number of hydrogen-bond donors (Lipinski definition) is 1. The highest BCUT2D eigenvalue weighted by atomic mass is 19.1. The van der Waals surface area contributed by atoms with Crippen LogP contribution >= 0.6 is 0 Å². The number of carbonyl (C=O) groups excluding carboxylic acids is 2. The lowest BCUT2D eigenvalue weighted by atomic mass is 9.96. The fourth-order valence-electron chi connectivity index (χ4n) is 3.01. The predicted octanol–water partition coefficient (Wildman–Crippen LogP) is 1.54. The van der Waals surface area contributed by atoms with Gasteiger partial charge in [0.25, 0.3) is 5.91 Å². The number of esters is 1. The fourth-order valence-corrected chi connectivity index (χ4v) is 3.01. The standard InChI is InChI=1S/C18H17FN2O5/c1-2-26-18(24)16-13-7-8-20(9-11-3-5-12(19)6-4-11)17(23)15(13)14(22)10-21(16)25/h3-6,10,22H,2,7-9H2,1H3. The van der Waals surface area contributed by atoms with Crippen LogP contribution in [0, 0.1) is 11.0 Å². The quantitative estimate of drug-likeness (QED) is 0.507. The number of carbonyl (C=O) groups is 2. The average molecular weight is 360 g/mol. The smallest absolute Gasteiger partial charge is 0.405 e. The summed E-state index contributed by atoms with van der Waals surface area (Å²) < 4.78 is 18.1. The lowest BCUT2D eigenvalue weighted by Gasteiger charge is -2.29. The fraction of sp³-hybridized carbons (Fsp3) is 0.278. The van der Waals surface area contributed by atoms with E-state index >= 15 is 0 Å². The van der Waals surface area contributed by atoms with Crippen LogP contribution in [-0.2, 0) is 17.7 Å². The minimum atomic E-state index is -0.835. The minimum absolute atomic E-state index is 0.0754. The summed E-state index contributed by atoms with van der Waals surface area (Å²) in [6, 6.07) is 5.74. The topological polar surface area (TPSA) is 93.8 Å².